The molecule has 0 saturated heterocycles. The number of carboxylic acid groups (broad SMARTS) is 1. The maximum atomic E-state index is 12.9. The Bertz CT molecular complexity index is 953. The van der Waals surface area contributed by atoms with Crippen LogP contribution in [-0.4, -0.2) is 22.0 Å². The first-order chi connectivity index (χ1) is 15.7. The van der Waals surface area contributed by atoms with Gasteiger partial charge in [0.05, 0.1) is 0 Å². The van der Waals surface area contributed by atoms with Crippen LogP contribution in [0.1, 0.15) is 99.8 Å². The van der Waals surface area contributed by atoms with E-state index in [1.165, 1.54) is 31.8 Å². The Hall–Kier alpha value is -1.32. The van der Waals surface area contributed by atoms with Crippen molar-refractivity contribution in [3.05, 3.63) is 11.8 Å². The van der Waals surface area contributed by atoms with Crippen molar-refractivity contribution in [1.29, 1.82) is 0 Å². The highest BCUT2D eigenvalue weighted by molar-refractivity contribution is 6.09. The molecule has 5 aliphatic carbocycles. The Morgan fingerprint density at radius 1 is 0.882 bits per heavy atom. The van der Waals surface area contributed by atoms with Gasteiger partial charge in [-0.2, -0.15) is 0 Å². The third-order valence-corrected chi connectivity index (χ3v) is 13.6. The monoisotopic (exact) mass is 470 g/mol. The zero-order valence-electron chi connectivity index (χ0n) is 22.4. The van der Waals surface area contributed by atoms with Crippen LogP contribution in [0.2, 0.25) is 0 Å². The molecule has 0 radical (unpaired) electrons. The van der Waals surface area contributed by atoms with Crippen LogP contribution in [0.3, 0.4) is 0 Å². The molecule has 4 heteroatoms. The number of hydrogen-bond donors (Lipinski definition) is 2. The van der Waals surface area contributed by atoms with Crippen molar-refractivity contribution in [2.24, 2.45) is 62.6 Å². The van der Waals surface area contributed by atoms with E-state index >= 15 is 0 Å². The molecule has 0 aliphatic heterocycles. The largest absolute Gasteiger partial charge is 0.512 e. The van der Waals surface area contributed by atoms with E-state index in [4.69, 9.17) is 0 Å². The number of fused-ring (bicyclic) bond motifs is 7. The standard InChI is InChI=1S/C30H46O4/c1-17-10-12-26(3)14-15-27(4)19(24(26)18(17)2)8-9-20-28(27,5)13-11-21-29(20,6)22(31)16-23(32)30(21,7)25(33)34/h16-21,24,31H,8-15H2,1-7H3,(H,33,34)/t17-,18+,19-,20+,21?,24+,26-,27-,28-,29-,30?/m1/s1. The summed E-state index contributed by atoms with van der Waals surface area (Å²) < 4.78 is 0. The van der Waals surface area contributed by atoms with E-state index in [1.807, 2.05) is 0 Å². The van der Waals surface area contributed by atoms with Crippen LogP contribution in [0, 0.1) is 62.6 Å². The highest BCUT2D eigenvalue weighted by Crippen LogP contribution is 2.76. The molecule has 0 bridgehead atoms. The van der Waals surface area contributed by atoms with Gasteiger partial charge in [-0.15, -0.1) is 0 Å². The number of aliphatic hydroxyl groups excluding tert-OH is 1. The number of ketones is 1. The minimum Gasteiger partial charge on any atom is -0.512 e. The van der Waals surface area contributed by atoms with E-state index in [-0.39, 0.29) is 28.4 Å². The predicted molar refractivity (Wildman–Crippen MR) is 133 cm³/mol. The molecular formula is C30H46O4. The van der Waals surface area contributed by atoms with Crippen LogP contribution in [0.15, 0.2) is 11.8 Å². The molecule has 0 aromatic rings. The summed E-state index contributed by atoms with van der Waals surface area (Å²) >= 11 is 0. The Kier molecular flexibility index (Phi) is 5.11. The van der Waals surface area contributed by atoms with Crippen LogP contribution < -0.4 is 0 Å². The fraction of sp³-hybridized carbons (Fsp3) is 0.867. The van der Waals surface area contributed by atoms with Gasteiger partial charge in [0.25, 0.3) is 0 Å². The van der Waals surface area contributed by atoms with Gasteiger partial charge in [-0.3, -0.25) is 9.59 Å². The molecule has 0 aromatic heterocycles. The van der Waals surface area contributed by atoms with E-state index in [2.05, 4.69) is 41.5 Å². The molecule has 4 saturated carbocycles. The lowest BCUT2D eigenvalue weighted by Gasteiger charge is -2.72. The van der Waals surface area contributed by atoms with Crippen molar-refractivity contribution in [1.82, 2.24) is 0 Å². The molecule has 4 fully saturated rings. The first-order valence-electron chi connectivity index (χ1n) is 13.9. The Morgan fingerprint density at radius 3 is 2.21 bits per heavy atom. The number of carbonyl (C=O) groups is 2. The molecule has 0 aromatic carbocycles. The number of hydrogen-bond acceptors (Lipinski definition) is 3. The van der Waals surface area contributed by atoms with E-state index in [1.54, 1.807) is 6.92 Å². The summed E-state index contributed by atoms with van der Waals surface area (Å²) in [5, 5.41) is 21.5. The van der Waals surface area contributed by atoms with E-state index in [9.17, 15) is 19.8 Å². The van der Waals surface area contributed by atoms with Gasteiger partial charge in [-0.05, 0) is 110 Å². The van der Waals surface area contributed by atoms with E-state index < -0.39 is 22.6 Å². The smallest absolute Gasteiger partial charge is 0.317 e. The lowest BCUT2D eigenvalue weighted by Crippen LogP contribution is -2.68. The van der Waals surface area contributed by atoms with Crippen molar-refractivity contribution in [2.75, 3.05) is 0 Å². The molecule has 0 heterocycles. The molecule has 2 unspecified atom stereocenters. The first-order valence-corrected chi connectivity index (χ1v) is 13.9. The number of aliphatic hydroxyl groups is 1. The van der Waals surface area contributed by atoms with E-state index in [0.29, 0.717) is 17.8 Å². The zero-order chi connectivity index (χ0) is 25.1. The van der Waals surface area contributed by atoms with Crippen molar-refractivity contribution >= 4 is 11.8 Å². The molecule has 0 spiro atoms. The SMILES string of the molecule is C[C@@H]1[C@H]2[C@H]3CC[C@@H]4[C@@]5(C)C(O)=CC(=O)C(C)(C(=O)O)C5CC[C@@]4(C)[C@]3(C)CC[C@@]2(C)CC[C@H]1C. The molecule has 0 amide bonds. The summed E-state index contributed by atoms with van der Waals surface area (Å²) in [4.78, 5) is 25.4. The minimum absolute atomic E-state index is 0.0184. The average Bonchev–Trinajstić information content (AvgIpc) is 2.76. The second-order valence-electron chi connectivity index (χ2n) is 14.4. The molecule has 5 rings (SSSR count). The number of rotatable bonds is 1. The quantitative estimate of drug-likeness (QED) is 0.403. The lowest BCUT2D eigenvalue weighted by molar-refractivity contribution is -0.239. The molecule has 4 nitrogen and oxygen atoms in total. The molecule has 34 heavy (non-hydrogen) atoms. The van der Waals surface area contributed by atoms with Crippen LogP contribution in [0.5, 0.6) is 0 Å². The summed E-state index contributed by atoms with van der Waals surface area (Å²) in [6.45, 7) is 16.2. The van der Waals surface area contributed by atoms with Crippen molar-refractivity contribution in [2.45, 2.75) is 99.8 Å². The summed E-state index contributed by atoms with van der Waals surface area (Å²) in [6.07, 6.45) is 10.3. The second kappa shape index (κ2) is 7.13. The highest BCUT2D eigenvalue weighted by atomic mass is 16.4. The van der Waals surface area contributed by atoms with Gasteiger partial charge in [0, 0.05) is 11.5 Å². The second-order valence-corrected chi connectivity index (χ2v) is 14.4. The van der Waals surface area contributed by atoms with Gasteiger partial charge in [0.2, 0.25) is 0 Å². The minimum atomic E-state index is -1.46. The zero-order valence-corrected chi connectivity index (χ0v) is 22.4. The topological polar surface area (TPSA) is 74.6 Å². The van der Waals surface area contributed by atoms with Crippen molar-refractivity contribution in [3.8, 4) is 0 Å². The number of allylic oxidation sites excluding steroid dienone is 2. The lowest BCUT2D eigenvalue weighted by atomic mass is 9.31. The number of aliphatic carboxylic acids is 1. The third-order valence-electron chi connectivity index (χ3n) is 13.6. The van der Waals surface area contributed by atoms with Gasteiger partial charge in [-0.1, -0.05) is 41.5 Å². The van der Waals surface area contributed by atoms with Gasteiger partial charge in [0.15, 0.2) is 5.78 Å². The number of carbonyl (C=O) groups excluding carboxylic acids is 1. The summed E-state index contributed by atoms with van der Waals surface area (Å²) in [5.74, 6) is 1.38. The maximum absolute atomic E-state index is 12.9. The highest BCUT2D eigenvalue weighted by Gasteiger charge is 2.72. The number of carboxylic acids is 1. The molecule has 190 valence electrons. The van der Waals surface area contributed by atoms with Crippen molar-refractivity contribution < 1.29 is 19.8 Å². The Morgan fingerprint density at radius 2 is 1.56 bits per heavy atom. The normalized spacial score (nSPS) is 56.9. The van der Waals surface area contributed by atoms with Crippen molar-refractivity contribution in [3.63, 3.8) is 0 Å². The van der Waals surface area contributed by atoms with Gasteiger partial charge < -0.3 is 10.2 Å². The Balaban J connectivity index is 1.60. The summed E-state index contributed by atoms with van der Waals surface area (Å²) in [7, 11) is 0. The predicted octanol–water partition coefficient (Wildman–Crippen LogP) is 7.04. The van der Waals surface area contributed by atoms with E-state index in [0.717, 1.165) is 37.0 Å². The Labute approximate surface area is 206 Å². The average molecular weight is 471 g/mol. The third kappa shape index (κ3) is 2.61. The molecule has 11 atom stereocenters. The first kappa shape index (κ1) is 24.4. The fourth-order valence-corrected chi connectivity index (χ4v) is 11.0. The summed E-state index contributed by atoms with van der Waals surface area (Å²) in [6, 6.07) is 0. The summed E-state index contributed by atoms with van der Waals surface area (Å²) in [5.41, 5.74) is -1.51. The van der Waals surface area contributed by atoms with Crippen LogP contribution in [0.4, 0.5) is 0 Å². The van der Waals surface area contributed by atoms with Crippen LogP contribution in [-0.2, 0) is 9.59 Å². The maximum Gasteiger partial charge on any atom is 0.317 e. The molecule has 2 N–H and O–H groups in total. The van der Waals surface area contributed by atoms with Crippen LogP contribution >= 0.6 is 0 Å². The fourth-order valence-electron chi connectivity index (χ4n) is 11.0. The molecular weight excluding hydrogens is 424 g/mol. The van der Waals surface area contributed by atoms with Gasteiger partial charge in [-0.25, -0.2) is 0 Å². The molecule has 5 aliphatic rings. The van der Waals surface area contributed by atoms with Crippen LogP contribution in [0.25, 0.3) is 0 Å². The van der Waals surface area contributed by atoms with Gasteiger partial charge >= 0.3 is 5.97 Å². The van der Waals surface area contributed by atoms with Gasteiger partial charge in [0.1, 0.15) is 11.2 Å².